The first kappa shape index (κ1) is 17.5. The van der Waals surface area contributed by atoms with Crippen molar-refractivity contribution in [1.29, 1.82) is 0 Å². The molecule has 25 heavy (non-hydrogen) atoms. The SMILES string of the molecule is COc1ccc(Cl)cc1N1CCN(C(=O)c2ccc(F)c(F)c2)CC1. The summed E-state index contributed by atoms with van der Waals surface area (Å²) < 4.78 is 31.7. The zero-order chi connectivity index (χ0) is 18.0. The molecule has 3 rings (SSSR count). The molecule has 0 saturated carbocycles. The van der Waals surface area contributed by atoms with Crippen LogP contribution in [-0.2, 0) is 0 Å². The van der Waals surface area contributed by atoms with Gasteiger partial charge in [0, 0.05) is 36.8 Å². The van der Waals surface area contributed by atoms with E-state index in [1.807, 2.05) is 6.07 Å². The number of amides is 1. The standard InChI is InChI=1S/C18H17ClF2N2O2/c1-25-17-5-3-13(19)11-16(17)22-6-8-23(9-7-22)18(24)12-2-4-14(20)15(21)10-12/h2-5,10-11H,6-9H2,1H3. The van der Waals surface area contributed by atoms with E-state index in [4.69, 9.17) is 16.3 Å². The minimum atomic E-state index is -1.02. The number of halogens is 3. The summed E-state index contributed by atoms with van der Waals surface area (Å²) in [5, 5.41) is 0.607. The molecule has 0 radical (unpaired) electrons. The molecular formula is C18H17ClF2N2O2. The number of nitrogens with zero attached hydrogens (tertiary/aromatic N) is 2. The average molecular weight is 367 g/mol. The molecule has 7 heteroatoms. The minimum Gasteiger partial charge on any atom is -0.495 e. The molecule has 1 fully saturated rings. The fourth-order valence-electron chi connectivity index (χ4n) is 2.87. The second-order valence-corrected chi connectivity index (χ2v) is 6.16. The van der Waals surface area contributed by atoms with Gasteiger partial charge in [-0.05, 0) is 36.4 Å². The van der Waals surface area contributed by atoms with E-state index in [1.165, 1.54) is 6.07 Å². The maximum absolute atomic E-state index is 13.3. The quantitative estimate of drug-likeness (QED) is 0.832. The molecule has 1 aliphatic heterocycles. The minimum absolute atomic E-state index is 0.146. The largest absolute Gasteiger partial charge is 0.495 e. The molecular weight excluding hydrogens is 350 g/mol. The molecule has 1 saturated heterocycles. The van der Waals surface area contributed by atoms with E-state index in [-0.39, 0.29) is 11.5 Å². The van der Waals surface area contributed by atoms with Gasteiger partial charge in [-0.2, -0.15) is 0 Å². The molecule has 4 nitrogen and oxygen atoms in total. The second kappa shape index (κ2) is 7.27. The molecule has 2 aromatic rings. The number of anilines is 1. The monoisotopic (exact) mass is 366 g/mol. The molecule has 0 aromatic heterocycles. The van der Waals surface area contributed by atoms with Crippen LogP contribution in [0.15, 0.2) is 36.4 Å². The summed E-state index contributed by atoms with van der Waals surface area (Å²) in [4.78, 5) is 16.2. The van der Waals surface area contributed by atoms with Gasteiger partial charge in [0.05, 0.1) is 12.8 Å². The highest BCUT2D eigenvalue weighted by atomic mass is 35.5. The van der Waals surface area contributed by atoms with Crippen LogP contribution in [0, 0.1) is 11.6 Å². The van der Waals surface area contributed by atoms with Crippen molar-refractivity contribution in [2.24, 2.45) is 0 Å². The van der Waals surface area contributed by atoms with Crippen molar-refractivity contribution in [2.75, 3.05) is 38.2 Å². The van der Waals surface area contributed by atoms with Crippen molar-refractivity contribution in [3.63, 3.8) is 0 Å². The Morgan fingerprint density at radius 1 is 1.04 bits per heavy atom. The molecule has 1 amide bonds. The molecule has 0 aliphatic carbocycles. The number of ether oxygens (including phenoxy) is 1. The van der Waals surface area contributed by atoms with E-state index in [2.05, 4.69) is 4.90 Å². The summed E-state index contributed by atoms with van der Waals surface area (Å²) in [5.41, 5.74) is 1.02. The van der Waals surface area contributed by atoms with Gasteiger partial charge in [-0.25, -0.2) is 8.78 Å². The van der Waals surface area contributed by atoms with Crippen LogP contribution in [0.1, 0.15) is 10.4 Å². The normalized spacial score (nSPS) is 14.6. The summed E-state index contributed by atoms with van der Waals surface area (Å²) in [6.45, 7) is 2.11. The van der Waals surface area contributed by atoms with Crippen LogP contribution < -0.4 is 9.64 Å². The van der Waals surface area contributed by atoms with E-state index < -0.39 is 11.6 Å². The Morgan fingerprint density at radius 3 is 2.40 bits per heavy atom. The third kappa shape index (κ3) is 3.69. The van der Waals surface area contributed by atoms with Crippen molar-refractivity contribution in [3.8, 4) is 5.75 Å². The molecule has 1 aliphatic rings. The first-order valence-corrected chi connectivity index (χ1v) is 8.20. The molecule has 0 unspecified atom stereocenters. The third-order valence-corrected chi connectivity index (χ3v) is 4.45. The number of rotatable bonds is 3. The molecule has 1 heterocycles. The highest BCUT2D eigenvalue weighted by Crippen LogP contribution is 2.32. The molecule has 132 valence electrons. The zero-order valence-corrected chi connectivity index (χ0v) is 14.4. The Labute approximate surface area is 149 Å². The fourth-order valence-corrected chi connectivity index (χ4v) is 3.04. The summed E-state index contributed by atoms with van der Waals surface area (Å²) in [6, 6.07) is 8.59. The van der Waals surface area contributed by atoms with Gasteiger partial charge in [-0.1, -0.05) is 11.6 Å². The Morgan fingerprint density at radius 2 is 1.76 bits per heavy atom. The van der Waals surface area contributed by atoms with Gasteiger partial charge in [0.15, 0.2) is 11.6 Å². The van der Waals surface area contributed by atoms with Gasteiger partial charge in [0.1, 0.15) is 5.75 Å². The van der Waals surface area contributed by atoms with Gasteiger partial charge in [-0.15, -0.1) is 0 Å². The summed E-state index contributed by atoms with van der Waals surface area (Å²) >= 11 is 6.07. The fraction of sp³-hybridized carbons (Fsp3) is 0.278. The number of hydrogen-bond donors (Lipinski definition) is 0. The molecule has 0 N–H and O–H groups in total. The Kier molecular flexibility index (Phi) is 5.08. The summed E-state index contributed by atoms with van der Waals surface area (Å²) in [7, 11) is 1.59. The van der Waals surface area contributed by atoms with Crippen LogP contribution in [0.3, 0.4) is 0 Å². The molecule has 0 spiro atoms. The molecule has 2 aromatic carbocycles. The molecule has 0 bridgehead atoms. The van der Waals surface area contributed by atoms with Gasteiger partial charge in [0.2, 0.25) is 0 Å². The zero-order valence-electron chi connectivity index (χ0n) is 13.6. The first-order valence-electron chi connectivity index (χ1n) is 7.82. The Balaban J connectivity index is 1.70. The van der Waals surface area contributed by atoms with E-state index in [9.17, 15) is 13.6 Å². The lowest BCUT2D eigenvalue weighted by atomic mass is 10.1. The number of piperazine rings is 1. The topological polar surface area (TPSA) is 32.8 Å². The van der Waals surface area contributed by atoms with Crippen molar-refractivity contribution >= 4 is 23.2 Å². The van der Waals surface area contributed by atoms with Crippen molar-refractivity contribution in [2.45, 2.75) is 0 Å². The van der Waals surface area contributed by atoms with Crippen LogP contribution in [-0.4, -0.2) is 44.1 Å². The van der Waals surface area contributed by atoms with Gasteiger partial charge < -0.3 is 14.5 Å². The van der Waals surface area contributed by atoms with E-state index >= 15 is 0 Å². The van der Waals surface area contributed by atoms with Gasteiger partial charge in [0.25, 0.3) is 5.91 Å². The summed E-state index contributed by atoms with van der Waals surface area (Å²) in [5.74, 6) is -1.58. The van der Waals surface area contributed by atoms with E-state index in [0.29, 0.717) is 37.0 Å². The highest BCUT2D eigenvalue weighted by Gasteiger charge is 2.24. The summed E-state index contributed by atoms with van der Waals surface area (Å²) in [6.07, 6.45) is 0. The lowest BCUT2D eigenvalue weighted by molar-refractivity contribution is 0.0746. The van der Waals surface area contributed by atoms with Gasteiger partial charge >= 0.3 is 0 Å². The first-order chi connectivity index (χ1) is 12.0. The van der Waals surface area contributed by atoms with Crippen LogP contribution in [0.2, 0.25) is 5.02 Å². The highest BCUT2D eigenvalue weighted by molar-refractivity contribution is 6.30. The number of methoxy groups -OCH3 is 1. The van der Waals surface area contributed by atoms with Crippen LogP contribution >= 0.6 is 11.6 Å². The van der Waals surface area contributed by atoms with Gasteiger partial charge in [-0.3, -0.25) is 4.79 Å². The predicted molar refractivity (Wildman–Crippen MR) is 92.5 cm³/mol. The lowest BCUT2D eigenvalue weighted by Crippen LogP contribution is -2.48. The van der Waals surface area contributed by atoms with Crippen molar-refractivity contribution < 1.29 is 18.3 Å². The third-order valence-electron chi connectivity index (χ3n) is 4.22. The van der Waals surface area contributed by atoms with E-state index in [1.54, 1.807) is 24.1 Å². The van der Waals surface area contributed by atoms with Crippen LogP contribution in [0.25, 0.3) is 0 Å². The average Bonchev–Trinajstić information content (AvgIpc) is 2.63. The van der Waals surface area contributed by atoms with Crippen LogP contribution in [0.4, 0.5) is 14.5 Å². The second-order valence-electron chi connectivity index (χ2n) is 5.72. The lowest BCUT2D eigenvalue weighted by Gasteiger charge is -2.36. The van der Waals surface area contributed by atoms with Crippen molar-refractivity contribution in [1.82, 2.24) is 4.90 Å². The Hall–Kier alpha value is -2.34. The maximum Gasteiger partial charge on any atom is 0.254 e. The molecule has 0 atom stereocenters. The number of benzene rings is 2. The predicted octanol–water partition coefficient (Wildman–Crippen LogP) is 3.59. The Bertz CT molecular complexity index is 793. The number of hydrogen-bond acceptors (Lipinski definition) is 3. The smallest absolute Gasteiger partial charge is 0.254 e. The number of carbonyl (C=O) groups is 1. The van der Waals surface area contributed by atoms with Crippen LogP contribution in [0.5, 0.6) is 5.75 Å². The maximum atomic E-state index is 13.3. The van der Waals surface area contributed by atoms with Crippen molar-refractivity contribution in [3.05, 3.63) is 58.6 Å². The number of carbonyl (C=O) groups excluding carboxylic acids is 1. The van der Waals surface area contributed by atoms with E-state index in [0.717, 1.165) is 17.8 Å².